The van der Waals surface area contributed by atoms with Gasteiger partial charge in [-0.25, -0.2) is 9.59 Å². The minimum absolute atomic E-state index is 0.326. The van der Waals surface area contributed by atoms with Crippen LogP contribution in [-0.4, -0.2) is 19.0 Å². The van der Waals surface area contributed by atoms with Crippen LogP contribution in [0.2, 0.25) is 0 Å². The molecule has 114 valence electrons. The Balaban J connectivity index is 1.97. The average Bonchev–Trinajstić information content (AvgIpc) is 2.60. The van der Waals surface area contributed by atoms with Crippen molar-refractivity contribution in [1.29, 1.82) is 5.26 Å². The van der Waals surface area contributed by atoms with Crippen LogP contribution in [0.5, 0.6) is 5.75 Å². The van der Waals surface area contributed by atoms with E-state index in [1.165, 1.54) is 37.5 Å². The molecule has 2 aromatic carbocycles. The first-order chi connectivity index (χ1) is 11.1. The van der Waals surface area contributed by atoms with Gasteiger partial charge in [-0.05, 0) is 48.0 Å². The minimum Gasteiger partial charge on any atom is -0.465 e. The highest BCUT2D eigenvalue weighted by atomic mass is 16.5. The molecule has 0 amide bonds. The maximum Gasteiger partial charge on any atom is 0.337 e. The standard InChI is InChI=1S/C18H13NO4/c1-22-18(21)15-7-9-16(10-8-15)23-17(20)11-6-13-2-4-14(12-19)5-3-13/h2-11H,1H3/b11-6+. The molecule has 0 saturated heterocycles. The van der Waals surface area contributed by atoms with Gasteiger partial charge in [-0.15, -0.1) is 0 Å². The van der Waals surface area contributed by atoms with Crippen molar-refractivity contribution >= 4 is 18.0 Å². The lowest BCUT2D eigenvalue weighted by Crippen LogP contribution is -2.05. The van der Waals surface area contributed by atoms with Gasteiger partial charge in [0.2, 0.25) is 0 Å². The molecule has 23 heavy (non-hydrogen) atoms. The predicted octanol–water partition coefficient (Wildman–Crippen LogP) is 2.96. The molecule has 0 aromatic heterocycles. The van der Waals surface area contributed by atoms with E-state index in [1.807, 2.05) is 6.07 Å². The Labute approximate surface area is 133 Å². The summed E-state index contributed by atoms with van der Waals surface area (Å²) in [6, 6.07) is 14.9. The van der Waals surface area contributed by atoms with Crippen LogP contribution >= 0.6 is 0 Å². The number of hydrogen-bond acceptors (Lipinski definition) is 5. The molecule has 0 heterocycles. The first kappa shape index (κ1) is 16.0. The van der Waals surface area contributed by atoms with E-state index in [-0.39, 0.29) is 0 Å². The van der Waals surface area contributed by atoms with Gasteiger partial charge < -0.3 is 9.47 Å². The average molecular weight is 307 g/mol. The molecule has 0 aliphatic carbocycles. The number of carbonyl (C=O) groups is 2. The first-order valence-corrected chi connectivity index (χ1v) is 6.71. The lowest BCUT2D eigenvalue weighted by Gasteiger charge is -2.03. The molecule has 0 N–H and O–H groups in total. The smallest absolute Gasteiger partial charge is 0.337 e. The number of rotatable bonds is 4. The van der Waals surface area contributed by atoms with E-state index in [1.54, 1.807) is 30.3 Å². The van der Waals surface area contributed by atoms with Crippen LogP contribution < -0.4 is 4.74 Å². The summed E-state index contributed by atoms with van der Waals surface area (Å²) in [5, 5.41) is 8.71. The van der Waals surface area contributed by atoms with E-state index in [4.69, 9.17) is 10.00 Å². The monoisotopic (exact) mass is 307 g/mol. The van der Waals surface area contributed by atoms with Crippen LogP contribution in [-0.2, 0) is 9.53 Å². The molecule has 0 radical (unpaired) electrons. The third-order valence-corrected chi connectivity index (χ3v) is 2.95. The lowest BCUT2D eigenvalue weighted by atomic mass is 10.1. The quantitative estimate of drug-likeness (QED) is 0.493. The summed E-state index contributed by atoms with van der Waals surface area (Å²) in [4.78, 5) is 23.0. The molecule has 0 fully saturated rings. The fourth-order valence-corrected chi connectivity index (χ4v) is 1.76. The van der Waals surface area contributed by atoms with Crippen molar-refractivity contribution in [2.45, 2.75) is 0 Å². The van der Waals surface area contributed by atoms with E-state index in [0.717, 1.165) is 5.56 Å². The van der Waals surface area contributed by atoms with Gasteiger partial charge in [-0.2, -0.15) is 5.26 Å². The highest BCUT2D eigenvalue weighted by Gasteiger charge is 2.06. The van der Waals surface area contributed by atoms with Gasteiger partial charge in [0.15, 0.2) is 0 Å². The molecule has 5 heteroatoms. The SMILES string of the molecule is COC(=O)c1ccc(OC(=O)/C=C/c2ccc(C#N)cc2)cc1. The summed E-state index contributed by atoms with van der Waals surface area (Å²) >= 11 is 0. The second-order valence-electron chi connectivity index (χ2n) is 4.50. The number of ether oxygens (including phenoxy) is 2. The molecule has 0 saturated carbocycles. The summed E-state index contributed by atoms with van der Waals surface area (Å²) < 4.78 is 9.70. The van der Waals surface area contributed by atoms with Crippen LogP contribution in [0.25, 0.3) is 6.08 Å². The van der Waals surface area contributed by atoms with Crippen molar-refractivity contribution in [2.24, 2.45) is 0 Å². The van der Waals surface area contributed by atoms with Crippen molar-refractivity contribution in [3.05, 3.63) is 71.3 Å². The first-order valence-electron chi connectivity index (χ1n) is 6.71. The number of hydrogen-bond donors (Lipinski definition) is 0. The predicted molar refractivity (Wildman–Crippen MR) is 83.6 cm³/mol. The van der Waals surface area contributed by atoms with Crippen LogP contribution in [0.15, 0.2) is 54.6 Å². The van der Waals surface area contributed by atoms with Gasteiger partial charge in [-0.3, -0.25) is 0 Å². The molecule has 0 spiro atoms. The highest BCUT2D eigenvalue weighted by Crippen LogP contribution is 2.13. The van der Waals surface area contributed by atoms with Crippen LogP contribution in [0.1, 0.15) is 21.5 Å². The molecule has 2 aromatic rings. The molecule has 2 rings (SSSR count). The van der Waals surface area contributed by atoms with Crippen molar-refractivity contribution in [3.63, 3.8) is 0 Å². The Bertz CT molecular complexity index is 768. The Morgan fingerprint density at radius 3 is 2.26 bits per heavy atom. The maximum atomic E-state index is 11.7. The fraction of sp³-hybridized carbons (Fsp3) is 0.0556. The number of carbonyl (C=O) groups excluding carboxylic acids is 2. The van der Waals surface area contributed by atoms with E-state index in [2.05, 4.69) is 4.74 Å². The van der Waals surface area contributed by atoms with Gasteiger partial charge in [0, 0.05) is 6.08 Å². The van der Waals surface area contributed by atoms with Crippen molar-refractivity contribution in [1.82, 2.24) is 0 Å². The van der Waals surface area contributed by atoms with Crippen molar-refractivity contribution in [2.75, 3.05) is 7.11 Å². The molecule has 0 bridgehead atoms. The molecule has 0 aliphatic heterocycles. The number of nitrogens with zero attached hydrogens (tertiary/aromatic N) is 1. The van der Waals surface area contributed by atoms with Crippen LogP contribution in [0.3, 0.4) is 0 Å². The molecule has 0 unspecified atom stereocenters. The minimum atomic E-state index is -0.542. The summed E-state index contributed by atoms with van der Waals surface area (Å²) in [6.07, 6.45) is 2.88. The van der Waals surface area contributed by atoms with Gasteiger partial charge in [0.1, 0.15) is 5.75 Å². The summed E-state index contributed by atoms with van der Waals surface area (Å²) in [5.74, 6) is -0.670. The number of nitriles is 1. The van der Waals surface area contributed by atoms with E-state index >= 15 is 0 Å². The summed E-state index contributed by atoms with van der Waals surface area (Å²) in [6.45, 7) is 0. The van der Waals surface area contributed by atoms with Gasteiger partial charge in [0.25, 0.3) is 0 Å². The molecule has 0 aliphatic rings. The third kappa shape index (κ3) is 4.55. The normalized spacial score (nSPS) is 10.1. The zero-order chi connectivity index (χ0) is 16.7. The highest BCUT2D eigenvalue weighted by molar-refractivity contribution is 5.90. The van der Waals surface area contributed by atoms with E-state index in [0.29, 0.717) is 16.9 Å². The maximum absolute atomic E-state index is 11.7. The Kier molecular flexibility index (Phi) is 5.26. The third-order valence-electron chi connectivity index (χ3n) is 2.95. The van der Waals surface area contributed by atoms with Gasteiger partial charge >= 0.3 is 11.9 Å². The largest absolute Gasteiger partial charge is 0.465 e. The summed E-state index contributed by atoms with van der Waals surface area (Å²) in [5.41, 5.74) is 1.71. The number of methoxy groups -OCH3 is 1. The Hall–Kier alpha value is -3.39. The molecule has 5 nitrogen and oxygen atoms in total. The van der Waals surface area contributed by atoms with Gasteiger partial charge in [0.05, 0.1) is 24.3 Å². The second kappa shape index (κ2) is 7.57. The molecular formula is C18H13NO4. The molecular weight excluding hydrogens is 294 g/mol. The summed E-state index contributed by atoms with van der Waals surface area (Å²) in [7, 11) is 1.30. The number of esters is 2. The van der Waals surface area contributed by atoms with Crippen LogP contribution in [0.4, 0.5) is 0 Å². The topological polar surface area (TPSA) is 76.4 Å². The Morgan fingerprint density at radius 2 is 1.70 bits per heavy atom. The zero-order valence-corrected chi connectivity index (χ0v) is 12.4. The fourth-order valence-electron chi connectivity index (χ4n) is 1.76. The molecule has 0 atom stereocenters. The van der Waals surface area contributed by atoms with Crippen LogP contribution in [0, 0.1) is 11.3 Å². The number of benzene rings is 2. The van der Waals surface area contributed by atoms with E-state index < -0.39 is 11.9 Å². The van der Waals surface area contributed by atoms with Crippen molar-refractivity contribution < 1.29 is 19.1 Å². The Morgan fingerprint density at radius 1 is 1.04 bits per heavy atom. The second-order valence-corrected chi connectivity index (χ2v) is 4.50. The lowest BCUT2D eigenvalue weighted by molar-refractivity contribution is -0.128. The van der Waals surface area contributed by atoms with Crippen molar-refractivity contribution in [3.8, 4) is 11.8 Å². The zero-order valence-electron chi connectivity index (χ0n) is 12.4. The van der Waals surface area contributed by atoms with Gasteiger partial charge in [-0.1, -0.05) is 12.1 Å². The van der Waals surface area contributed by atoms with E-state index in [9.17, 15) is 9.59 Å².